The first-order valence-electron chi connectivity index (χ1n) is 7.10. The fraction of sp³-hybridized carbons (Fsp3) is 0.600. The molecular weight excluding hydrogens is 254 g/mol. The van der Waals surface area contributed by atoms with Gasteiger partial charge in [-0.3, -0.25) is 0 Å². The van der Waals surface area contributed by atoms with E-state index in [1.165, 1.54) is 32.1 Å². The van der Waals surface area contributed by atoms with Gasteiger partial charge in [-0.05, 0) is 43.7 Å². The highest BCUT2D eigenvalue weighted by molar-refractivity contribution is 7.80. The van der Waals surface area contributed by atoms with Gasteiger partial charge in [0.15, 0.2) is 0 Å². The third kappa shape index (κ3) is 3.66. The van der Waals surface area contributed by atoms with E-state index in [0.717, 1.165) is 22.9 Å². The Morgan fingerprint density at radius 1 is 1.37 bits per heavy atom. The maximum Gasteiger partial charge on any atom is 0.136 e. The largest absolute Gasteiger partial charge is 0.389 e. The van der Waals surface area contributed by atoms with E-state index in [0.29, 0.717) is 11.0 Å². The van der Waals surface area contributed by atoms with E-state index in [9.17, 15) is 0 Å². The van der Waals surface area contributed by atoms with Crippen molar-refractivity contribution in [3.8, 4) is 0 Å². The summed E-state index contributed by atoms with van der Waals surface area (Å²) in [4.78, 5) is 4.85. The molecule has 1 aromatic rings. The molecule has 3 N–H and O–H groups in total. The van der Waals surface area contributed by atoms with Crippen LogP contribution in [0.1, 0.15) is 50.2 Å². The molecule has 1 fully saturated rings. The van der Waals surface area contributed by atoms with Crippen molar-refractivity contribution in [2.24, 2.45) is 11.7 Å². The van der Waals surface area contributed by atoms with Crippen molar-refractivity contribution in [2.75, 3.05) is 5.32 Å². The maximum atomic E-state index is 5.82. The zero-order valence-electron chi connectivity index (χ0n) is 11.8. The van der Waals surface area contributed by atoms with Crippen LogP contribution >= 0.6 is 12.2 Å². The Bertz CT molecular complexity index is 459. The van der Waals surface area contributed by atoms with Crippen LogP contribution in [0.4, 0.5) is 5.82 Å². The highest BCUT2D eigenvalue weighted by Crippen LogP contribution is 2.26. The Morgan fingerprint density at radius 2 is 2.16 bits per heavy atom. The second kappa shape index (κ2) is 6.33. The molecule has 0 bridgehead atoms. The van der Waals surface area contributed by atoms with Gasteiger partial charge in [-0.25, -0.2) is 4.98 Å². The highest BCUT2D eigenvalue weighted by Gasteiger charge is 2.18. The summed E-state index contributed by atoms with van der Waals surface area (Å²) < 4.78 is 0. The summed E-state index contributed by atoms with van der Waals surface area (Å²) in [6.45, 7) is 4.37. The van der Waals surface area contributed by atoms with E-state index in [1.807, 2.05) is 19.2 Å². The molecule has 2 unspecified atom stereocenters. The smallest absolute Gasteiger partial charge is 0.136 e. The Morgan fingerprint density at radius 3 is 2.89 bits per heavy atom. The molecule has 0 aliphatic heterocycles. The number of nitrogens with zero attached hydrogens (tertiary/aromatic N) is 1. The minimum absolute atomic E-state index is 0.426. The number of nitrogens with one attached hydrogen (secondary N) is 1. The molecule has 1 aliphatic rings. The average Bonchev–Trinajstić information content (AvgIpc) is 2.54. The Labute approximate surface area is 121 Å². The van der Waals surface area contributed by atoms with Gasteiger partial charge < -0.3 is 11.1 Å². The van der Waals surface area contributed by atoms with E-state index in [2.05, 4.69) is 17.2 Å². The van der Waals surface area contributed by atoms with Gasteiger partial charge in [-0.2, -0.15) is 0 Å². The summed E-state index contributed by atoms with van der Waals surface area (Å²) in [5.74, 6) is 1.69. The average molecular weight is 277 g/mol. The first kappa shape index (κ1) is 14.3. The maximum absolute atomic E-state index is 5.82. The van der Waals surface area contributed by atoms with Crippen LogP contribution in [0.2, 0.25) is 0 Å². The molecule has 1 saturated carbocycles. The van der Waals surface area contributed by atoms with Crippen LogP contribution in [0, 0.1) is 12.8 Å². The van der Waals surface area contributed by atoms with E-state index in [1.54, 1.807) is 0 Å². The fourth-order valence-electron chi connectivity index (χ4n) is 2.80. The fourth-order valence-corrected chi connectivity index (χ4v) is 3.06. The van der Waals surface area contributed by atoms with Crippen molar-refractivity contribution in [2.45, 2.75) is 52.0 Å². The van der Waals surface area contributed by atoms with Gasteiger partial charge in [-0.1, -0.05) is 32.0 Å². The zero-order chi connectivity index (χ0) is 13.8. The standard InChI is InChI=1S/C15H23N3S/c1-10-4-3-5-12(7-6-10)18-15-13(14(16)19)11(2)8-9-17-15/h8-10,12H,3-7H2,1-2H3,(H2,16,19)(H,17,18). The number of aryl methyl sites for hydroxylation is 1. The van der Waals surface area contributed by atoms with Crippen molar-refractivity contribution in [1.29, 1.82) is 0 Å². The first-order valence-corrected chi connectivity index (χ1v) is 7.50. The number of pyridine rings is 1. The van der Waals surface area contributed by atoms with Gasteiger partial charge in [0.25, 0.3) is 0 Å². The summed E-state index contributed by atoms with van der Waals surface area (Å²) in [7, 11) is 0. The van der Waals surface area contributed by atoms with Crippen molar-refractivity contribution in [3.63, 3.8) is 0 Å². The third-order valence-corrected chi connectivity index (χ3v) is 4.21. The monoisotopic (exact) mass is 277 g/mol. The summed E-state index contributed by atoms with van der Waals surface area (Å²) in [5.41, 5.74) is 7.81. The number of nitrogens with two attached hydrogens (primary N) is 1. The second-order valence-corrected chi connectivity index (χ2v) is 6.11. The molecule has 0 amide bonds. The van der Waals surface area contributed by atoms with Gasteiger partial charge in [0.05, 0.1) is 5.56 Å². The van der Waals surface area contributed by atoms with E-state index in [-0.39, 0.29) is 0 Å². The van der Waals surface area contributed by atoms with Gasteiger partial charge in [0, 0.05) is 12.2 Å². The van der Waals surface area contributed by atoms with Crippen molar-refractivity contribution in [1.82, 2.24) is 4.98 Å². The lowest BCUT2D eigenvalue weighted by molar-refractivity contribution is 0.502. The topological polar surface area (TPSA) is 50.9 Å². The summed E-state index contributed by atoms with van der Waals surface area (Å²) >= 11 is 5.15. The van der Waals surface area contributed by atoms with Crippen LogP contribution in [0.5, 0.6) is 0 Å². The molecule has 2 rings (SSSR count). The molecule has 4 heteroatoms. The van der Waals surface area contributed by atoms with E-state index in [4.69, 9.17) is 18.0 Å². The second-order valence-electron chi connectivity index (χ2n) is 5.67. The quantitative estimate of drug-likeness (QED) is 0.657. The summed E-state index contributed by atoms with van der Waals surface area (Å²) in [6, 6.07) is 2.45. The molecule has 0 saturated heterocycles. The van der Waals surface area contributed by atoms with Gasteiger partial charge in [0.1, 0.15) is 10.8 Å². The van der Waals surface area contributed by atoms with Crippen LogP contribution < -0.4 is 11.1 Å². The minimum Gasteiger partial charge on any atom is -0.389 e. The molecule has 104 valence electrons. The molecule has 19 heavy (non-hydrogen) atoms. The van der Waals surface area contributed by atoms with Crippen molar-refractivity contribution >= 4 is 23.0 Å². The number of anilines is 1. The number of thiocarbonyl (C=S) groups is 1. The normalized spacial score (nSPS) is 23.7. The Kier molecular flexibility index (Phi) is 4.75. The zero-order valence-corrected chi connectivity index (χ0v) is 12.6. The SMILES string of the molecule is Cc1ccnc(NC2CCCC(C)CC2)c1C(N)=S. The van der Waals surface area contributed by atoms with E-state index < -0.39 is 0 Å². The number of hydrogen-bond donors (Lipinski definition) is 2. The van der Waals surface area contributed by atoms with Crippen LogP contribution in [-0.4, -0.2) is 16.0 Å². The molecule has 0 spiro atoms. The lowest BCUT2D eigenvalue weighted by Gasteiger charge is -2.20. The van der Waals surface area contributed by atoms with Crippen LogP contribution in [0.15, 0.2) is 12.3 Å². The predicted molar refractivity (Wildman–Crippen MR) is 84.5 cm³/mol. The molecule has 0 radical (unpaired) electrons. The summed E-state index contributed by atoms with van der Waals surface area (Å²) in [5, 5.41) is 3.55. The predicted octanol–water partition coefficient (Wildman–Crippen LogP) is 3.40. The number of aromatic nitrogens is 1. The van der Waals surface area contributed by atoms with Gasteiger partial charge in [-0.15, -0.1) is 0 Å². The minimum atomic E-state index is 0.426. The van der Waals surface area contributed by atoms with Crippen molar-refractivity contribution < 1.29 is 0 Å². The molecule has 2 atom stereocenters. The molecule has 3 nitrogen and oxygen atoms in total. The Hall–Kier alpha value is -1.16. The molecule has 1 aliphatic carbocycles. The van der Waals surface area contributed by atoms with Crippen LogP contribution in [0.3, 0.4) is 0 Å². The van der Waals surface area contributed by atoms with E-state index >= 15 is 0 Å². The third-order valence-electron chi connectivity index (χ3n) is 4.00. The summed E-state index contributed by atoms with van der Waals surface area (Å²) in [6.07, 6.45) is 8.13. The molecule has 1 heterocycles. The van der Waals surface area contributed by atoms with Gasteiger partial charge >= 0.3 is 0 Å². The lowest BCUT2D eigenvalue weighted by atomic mass is 10.0. The van der Waals surface area contributed by atoms with Gasteiger partial charge in [0.2, 0.25) is 0 Å². The highest BCUT2D eigenvalue weighted by atomic mass is 32.1. The lowest BCUT2D eigenvalue weighted by Crippen LogP contribution is -2.23. The molecular formula is C15H23N3S. The molecule has 0 aromatic carbocycles. The first-order chi connectivity index (χ1) is 9.08. The van der Waals surface area contributed by atoms with Crippen LogP contribution in [-0.2, 0) is 0 Å². The Balaban J connectivity index is 2.14. The van der Waals surface area contributed by atoms with Crippen molar-refractivity contribution in [3.05, 3.63) is 23.4 Å². The number of rotatable bonds is 3. The number of hydrogen-bond acceptors (Lipinski definition) is 3. The van der Waals surface area contributed by atoms with Crippen LogP contribution in [0.25, 0.3) is 0 Å². The molecule has 1 aromatic heterocycles.